The number of carbonyl (C=O) groups is 1. The quantitative estimate of drug-likeness (QED) is 0.763. The van der Waals surface area contributed by atoms with Crippen LogP contribution in [-0.2, 0) is 4.79 Å². The Morgan fingerprint density at radius 2 is 2.33 bits per heavy atom. The lowest BCUT2D eigenvalue weighted by atomic mass is 10.2. The molecule has 18 heavy (non-hydrogen) atoms. The van der Waals surface area contributed by atoms with Gasteiger partial charge in [-0.3, -0.25) is 14.3 Å². The lowest BCUT2D eigenvalue weighted by Crippen LogP contribution is -2.36. The Kier molecular flexibility index (Phi) is 4.74. The molecular weight excluding hydrogens is 258 g/mol. The predicted octanol–water partition coefficient (Wildman–Crippen LogP) is -0.213. The minimum Gasteiger partial charge on any atom is -0.480 e. The van der Waals surface area contributed by atoms with Crippen molar-refractivity contribution in [1.29, 1.82) is 5.26 Å². The number of hydrogen-bond donors (Lipinski definition) is 2. The van der Waals surface area contributed by atoms with Crippen LogP contribution in [0.4, 0.5) is 0 Å². The van der Waals surface area contributed by atoms with Crippen molar-refractivity contribution in [2.45, 2.75) is 12.5 Å². The van der Waals surface area contributed by atoms with Crippen molar-refractivity contribution in [2.75, 3.05) is 12.0 Å². The van der Waals surface area contributed by atoms with Crippen LogP contribution in [0.2, 0.25) is 0 Å². The number of rotatable bonds is 5. The third-order valence-electron chi connectivity index (χ3n) is 2.30. The summed E-state index contributed by atoms with van der Waals surface area (Å²) < 4.78 is 0.874. The summed E-state index contributed by atoms with van der Waals surface area (Å²) in [4.78, 5) is 35.8. The van der Waals surface area contributed by atoms with Gasteiger partial charge in [0, 0.05) is 6.20 Å². The van der Waals surface area contributed by atoms with Gasteiger partial charge in [-0.2, -0.15) is 17.0 Å². The van der Waals surface area contributed by atoms with E-state index in [1.54, 1.807) is 6.07 Å². The van der Waals surface area contributed by atoms with Crippen molar-refractivity contribution in [1.82, 2.24) is 9.55 Å². The third-order valence-corrected chi connectivity index (χ3v) is 2.95. The lowest BCUT2D eigenvalue weighted by molar-refractivity contribution is -0.141. The topological polar surface area (TPSA) is 116 Å². The van der Waals surface area contributed by atoms with E-state index in [1.807, 2.05) is 11.2 Å². The number of hydrogen-bond acceptors (Lipinski definition) is 5. The van der Waals surface area contributed by atoms with Gasteiger partial charge in [-0.1, -0.05) is 0 Å². The van der Waals surface area contributed by atoms with E-state index < -0.39 is 23.3 Å². The second-order valence-electron chi connectivity index (χ2n) is 3.46. The van der Waals surface area contributed by atoms with Gasteiger partial charge in [0.25, 0.3) is 5.56 Å². The van der Waals surface area contributed by atoms with Gasteiger partial charge in [-0.15, -0.1) is 0 Å². The molecule has 0 aliphatic carbocycles. The molecule has 0 spiro atoms. The zero-order chi connectivity index (χ0) is 13.7. The summed E-state index contributed by atoms with van der Waals surface area (Å²) >= 11 is 1.45. The number of aromatic amines is 1. The van der Waals surface area contributed by atoms with Gasteiger partial charge in [0.05, 0.1) is 0 Å². The third kappa shape index (κ3) is 3.01. The number of carboxylic acid groups (broad SMARTS) is 1. The molecule has 0 saturated heterocycles. The minimum atomic E-state index is -1.18. The van der Waals surface area contributed by atoms with Crippen molar-refractivity contribution in [2.24, 2.45) is 0 Å². The van der Waals surface area contributed by atoms with E-state index in [4.69, 9.17) is 10.4 Å². The van der Waals surface area contributed by atoms with E-state index >= 15 is 0 Å². The van der Waals surface area contributed by atoms with E-state index in [0.717, 1.165) is 10.8 Å². The summed E-state index contributed by atoms with van der Waals surface area (Å²) in [6.07, 6.45) is 3.03. The number of nitriles is 1. The van der Waals surface area contributed by atoms with E-state index in [0.29, 0.717) is 5.75 Å². The summed E-state index contributed by atoms with van der Waals surface area (Å²) in [7, 11) is 0. The molecule has 1 atom stereocenters. The Labute approximate surface area is 106 Å². The van der Waals surface area contributed by atoms with Crippen LogP contribution in [0.3, 0.4) is 0 Å². The minimum absolute atomic E-state index is 0.229. The maximum atomic E-state index is 11.5. The number of aliphatic carboxylic acids is 1. The molecule has 8 heteroatoms. The first-order chi connectivity index (χ1) is 8.51. The van der Waals surface area contributed by atoms with Gasteiger partial charge in [0.15, 0.2) is 0 Å². The van der Waals surface area contributed by atoms with E-state index in [1.165, 1.54) is 11.8 Å². The smallest absolute Gasteiger partial charge is 0.329 e. The van der Waals surface area contributed by atoms with Crippen LogP contribution in [0.1, 0.15) is 18.0 Å². The molecule has 0 unspecified atom stereocenters. The van der Waals surface area contributed by atoms with E-state index in [9.17, 15) is 14.4 Å². The Bertz CT molecular complexity index is 598. The summed E-state index contributed by atoms with van der Waals surface area (Å²) in [5.74, 6) is -0.633. The average Bonchev–Trinajstić information content (AvgIpc) is 2.31. The van der Waals surface area contributed by atoms with Gasteiger partial charge >= 0.3 is 11.7 Å². The molecule has 0 radical (unpaired) electrons. The van der Waals surface area contributed by atoms with Crippen LogP contribution in [0.5, 0.6) is 0 Å². The average molecular weight is 269 g/mol. The molecule has 1 aromatic rings. The zero-order valence-electron chi connectivity index (χ0n) is 9.54. The lowest BCUT2D eigenvalue weighted by Gasteiger charge is -2.14. The summed E-state index contributed by atoms with van der Waals surface area (Å²) in [5.41, 5.74) is -1.93. The number of nitrogens with one attached hydrogen (secondary N) is 1. The highest BCUT2D eigenvalue weighted by molar-refractivity contribution is 7.98. The Morgan fingerprint density at radius 3 is 2.83 bits per heavy atom. The van der Waals surface area contributed by atoms with Crippen LogP contribution in [0.25, 0.3) is 0 Å². The van der Waals surface area contributed by atoms with Crippen LogP contribution in [-0.4, -0.2) is 32.6 Å². The molecular formula is C10H11N3O4S. The molecule has 2 N–H and O–H groups in total. The predicted molar refractivity (Wildman–Crippen MR) is 65.7 cm³/mol. The maximum absolute atomic E-state index is 11.5. The summed E-state index contributed by atoms with van der Waals surface area (Å²) in [6, 6.07) is 0.522. The van der Waals surface area contributed by atoms with Gasteiger partial charge in [0.2, 0.25) is 0 Å². The fourth-order valence-corrected chi connectivity index (χ4v) is 1.87. The number of nitrogens with zero attached hydrogens (tertiary/aromatic N) is 2. The van der Waals surface area contributed by atoms with Gasteiger partial charge < -0.3 is 5.11 Å². The number of thioether (sulfide) groups is 1. The van der Waals surface area contributed by atoms with Gasteiger partial charge in [0.1, 0.15) is 17.7 Å². The zero-order valence-corrected chi connectivity index (χ0v) is 10.4. The first-order valence-electron chi connectivity index (χ1n) is 4.98. The number of carboxylic acids is 1. The molecule has 0 bridgehead atoms. The highest BCUT2D eigenvalue weighted by Crippen LogP contribution is 2.12. The largest absolute Gasteiger partial charge is 0.480 e. The van der Waals surface area contributed by atoms with Gasteiger partial charge in [-0.25, -0.2) is 9.59 Å². The van der Waals surface area contributed by atoms with Crippen molar-refractivity contribution in [3.63, 3.8) is 0 Å². The standard InChI is InChI=1S/C10H11N3O4S/c1-18-3-2-7(9(15)16)13-5-6(4-11)8(14)12-10(13)17/h5,7H,2-3H2,1H3,(H,15,16)(H,12,14,17)/t7-/m0/s1. The first kappa shape index (κ1) is 14.1. The van der Waals surface area contributed by atoms with Crippen LogP contribution in [0, 0.1) is 11.3 Å². The molecule has 1 heterocycles. The molecule has 7 nitrogen and oxygen atoms in total. The van der Waals surface area contributed by atoms with Crippen molar-refractivity contribution < 1.29 is 9.90 Å². The Hall–Kier alpha value is -2.01. The highest BCUT2D eigenvalue weighted by Gasteiger charge is 2.21. The highest BCUT2D eigenvalue weighted by atomic mass is 32.2. The van der Waals surface area contributed by atoms with Crippen molar-refractivity contribution in [3.8, 4) is 6.07 Å². The fourth-order valence-electron chi connectivity index (χ4n) is 1.41. The summed E-state index contributed by atoms with van der Waals surface area (Å²) in [6.45, 7) is 0. The molecule has 0 fully saturated rings. The van der Waals surface area contributed by atoms with Crippen molar-refractivity contribution in [3.05, 3.63) is 32.6 Å². The summed E-state index contributed by atoms with van der Waals surface area (Å²) in [5, 5.41) is 17.8. The first-order valence-corrected chi connectivity index (χ1v) is 6.38. The monoisotopic (exact) mass is 269 g/mol. The SMILES string of the molecule is CSCC[C@@H](C(=O)O)n1cc(C#N)c(=O)[nH]c1=O. The van der Waals surface area contributed by atoms with E-state index in [-0.39, 0.29) is 12.0 Å². The molecule has 0 amide bonds. The normalized spacial score (nSPS) is 11.8. The molecule has 96 valence electrons. The second kappa shape index (κ2) is 6.07. The van der Waals surface area contributed by atoms with Crippen LogP contribution in [0.15, 0.2) is 15.8 Å². The Morgan fingerprint density at radius 1 is 1.67 bits per heavy atom. The molecule has 0 aromatic carbocycles. The van der Waals surface area contributed by atoms with E-state index in [2.05, 4.69) is 0 Å². The number of H-pyrrole nitrogens is 1. The molecule has 0 saturated carbocycles. The Balaban J connectivity index is 3.29. The molecule has 1 rings (SSSR count). The van der Waals surface area contributed by atoms with Gasteiger partial charge in [-0.05, 0) is 18.4 Å². The molecule has 0 aliphatic rings. The maximum Gasteiger partial charge on any atom is 0.329 e. The molecule has 1 aromatic heterocycles. The van der Waals surface area contributed by atoms with Crippen LogP contribution < -0.4 is 11.2 Å². The second-order valence-corrected chi connectivity index (χ2v) is 4.44. The van der Waals surface area contributed by atoms with Crippen molar-refractivity contribution >= 4 is 17.7 Å². The molecule has 0 aliphatic heterocycles. The van der Waals surface area contributed by atoms with Crippen LogP contribution >= 0.6 is 11.8 Å². The fraction of sp³-hybridized carbons (Fsp3) is 0.400. The number of aromatic nitrogens is 2.